The zero-order valence-corrected chi connectivity index (χ0v) is 9.32. The molecule has 2 heterocycles. The van der Waals surface area contributed by atoms with Crippen LogP contribution in [0.2, 0.25) is 0 Å². The zero-order chi connectivity index (χ0) is 10.7. The van der Waals surface area contributed by atoms with Crippen molar-refractivity contribution >= 4 is 11.8 Å². The van der Waals surface area contributed by atoms with Gasteiger partial charge in [-0.25, -0.2) is 4.98 Å². The van der Waals surface area contributed by atoms with Crippen molar-refractivity contribution in [2.75, 3.05) is 6.26 Å². The summed E-state index contributed by atoms with van der Waals surface area (Å²) in [6.07, 6.45) is 3.66. The molecule has 4 nitrogen and oxygen atoms in total. The monoisotopic (exact) mass is 218 g/mol. The predicted molar refractivity (Wildman–Crippen MR) is 59.6 cm³/mol. The molecule has 0 N–H and O–H groups in total. The lowest BCUT2D eigenvalue weighted by Crippen LogP contribution is -1.98. The van der Waals surface area contributed by atoms with Crippen LogP contribution in [0.15, 0.2) is 29.6 Å². The Morgan fingerprint density at radius 1 is 1.20 bits per heavy atom. The normalized spacial score (nSPS) is 10.3. The minimum Gasteiger partial charge on any atom is -0.254 e. The minimum absolute atomic E-state index is 0.687. The van der Waals surface area contributed by atoms with E-state index in [1.807, 2.05) is 31.4 Å². The van der Waals surface area contributed by atoms with Crippen molar-refractivity contribution in [2.24, 2.45) is 0 Å². The Bertz CT molecular complexity index is 458. The van der Waals surface area contributed by atoms with Crippen molar-refractivity contribution < 1.29 is 0 Å². The van der Waals surface area contributed by atoms with Crippen molar-refractivity contribution in [3.05, 3.63) is 30.1 Å². The Morgan fingerprint density at radius 2 is 2.07 bits per heavy atom. The molecule has 0 aliphatic heterocycles. The highest BCUT2D eigenvalue weighted by Gasteiger charge is 2.07. The Balaban J connectivity index is 2.46. The standard InChI is InChI=1S/C10H10N4S/c1-7-9(8-5-3-4-6-11-8)13-14-10(12-7)15-2/h3-6H,1-2H3. The SMILES string of the molecule is CSc1nnc(-c2ccccn2)c(C)n1. The van der Waals surface area contributed by atoms with Gasteiger partial charge >= 0.3 is 0 Å². The van der Waals surface area contributed by atoms with Crippen LogP contribution in [0.5, 0.6) is 0 Å². The van der Waals surface area contributed by atoms with Gasteiger partial charge < -0.3 is 0 Å². The first-order valence-electron chi connectivity index (χ1n) is 4.48. The van der Waals surface area contributed by atoms with Crippen LogP contribution in [-0.2, 0) is 0 Å². The second-order valence-electron chi connectivity index (χ2n) is 2.95. The molecule has 0 unspecified atom stereocenters. The van der Waals surface area contributed by atoms with Gasteiger partial charge in [-0.05, 0) is 25.3 Å². The number of rotatable bonds is 2. The van der Waals surface area contributed by atoms with E-state index in [2.05, 4.69) is 20.2 Å². The van der Waals surface area contributed by atoms with Gasteiger partial charge in [0.25, 0.3) is 0 Å². The van der Waals surface area contributed by atoms with E-state index in [-0.39, 0.29) is 0 Å². The molecule has 0 aliphatic rings. The number of thioether (sulfide) groups is 1. The second kappa shape index (κ2) is 4.35. The molecule has 0 amide bonds. The summed E-state index contributed by atoms with van der Waals surface area (Å²) in [5.74, 6) is 0. The van der Waals surface area contributed by atoms with Gasteiger partial charge in [-0.1, -0.05) is 17.8 Å². The van der Waals surface area contributed by atoms with Crippen LogP contribution in [0.25, 0.3) is 11.4 Å². The summed E-state index contributed by atoms with van der Waals surface area (Å²) < 4.78 is 0. The van der Waals surface area contributed by atoms with Gasteiger partial charge in [0, 0.05) is 6.20 Å². The van der Waals surface area contributed by atoms with Gasteiger partial charge in [-0.3, -0.25) is 4.98 Å². The van der Waals surface area contributed by atoms with Crippen molar-refractivity contribution in [2.45, 2.75) is 12.1 Å². The van der Waals surface area contributed by atoms with Crippen LogP contribution in [-0.4, -0.2) is 26.4 Å². The quantitative estimate of drug-likeness (QED) is 0.721. The predicted octanol–water partition coefficient (Wildman–Crippen LogP) is 1.96. The van der Waals surface area contributed by atoms with E-state index in [4.69, 9.17) is 0 Å². The average molecular weight is 218 g/mol. The molecular formula is C10H10N4S. The molecular weight excluding hydrogens is 208 g/mol. The fourth-order valence-corrected chi connectivity index (χ4v) is 1.56. The molecule has 5 heteroatoms. The third-order valence-corrected chi connectivity index (χ3v) is 2.47. The van der Waals surface area contributed by atoms with E-state index in [0.717, 1.165) is 17.1 Å². The summed E-state index contributed by atoms with van der Waals surface area (Å²) >= 11 is 1.48. The van der Waals surface area contributed by atoms with Crippen LogP contribution in [0.3, 0.4) is 0 Å². The van der Waals surface area contributed by atoms with Crippen LogP contribution in [0.1, 0.15) is 5.69 Å². The van der Waals surface area contributed by atoms with E-state index in [0.29, 0.717) is 5.16 Å². The Morgan fingerprint density at radius 3 is 2.67 bits per heavy atom. The third-order valence-electron chi connectivity index (χ3n) is 1.93. The lowest BCUT2D eigenvalue weighted by atomic mass is 10.2. The number of hydrogen-bond acceptors (Lipinski definition) is 5. The summed E-state index contributed by atoms with van der Waals surface area (Å²) in [7, 11) is 0. The van der Waals surface area contributed by atoms with Gasteiger partial charge in [0.15, 0.2) is 0 Å². The molecule has 2 rings (SSSR count). The molecule has 0 spiro atoms. The van der Waals surface area contributed by atoms with Gasteiger partial charge in [0.2, 0.25) is 5.16 Å². The maximum Gasteiger partial charge on any atom is 0.209 e. The lowest BCUT2D eigenvalue weighted by molar-refractivity contribution is 0.822. The number of pyridine rings is 1. The third kappa shape index (κ3) is 2.12. The van der Waals surface area contributed by atoms with Gasteiger partial charge in [-0.2, -0.15) is 0 Å². The molecule has 0 saturated heterocycles. The Kier molecular flexibility index (Phi) is 2.91. The summed E-state index contributed by atoms with van der Waals surface area (Å²) in [5.41, 5.74) is 2.41. The maximum atomic E-state index is 4.32. The van der Waals surface area contributed by atoms with E-state index >= 15 is 0 Å². The number of nitrogens with zero attached hydrogens (tertiary/aromatic N) is 4. The highest BCUT2D eigenvalue weighted by Crippen LogP contribution is 2.17. The van der Waals surface area contributed by atoms with Crippen molar-refractivity contribution in [3.63, 3.8) is 0 Å². The van der Waals surface area contributed by atoms with Crippen LogP contribution < -0.4 is 0 Å². The van der Waals surface area contributed by atoms with E-state index < -0.39 is 0 Å². The molecule has 0 bridgehead atoms. The molecule has 15 heavy (non-hydrogen) atoms. The number of aromatic nitrogens is 4. The smallest absolute Gasteiger partial charge is 0.209 e. The van der Waals surface area contributed by atoms with Crippen molar-refractivity contribution in [3.8, 4) is 11.4 Å². The summed E-state index contributed by atoms with van der Waals surface area (Å²) in [5, 5.41) is 8.81. The highest BCUT2D eigenvalue weighted by molar-refractivity contribution is 7.98. The molecule has 76 valence electrons. The van der Waals surface area contributed by atoms with E-state index in [1.54, 1.807) is 6.20 Å². The van der Waals surface area contributed by atoms with Crippen LogP contribution in [0, 0.1) is 6.92 Å². The molecule has 0 saturated carbocycles. The lowest BCUT2D eigenvalue weighted by Gasteiger charge is -2.02. The first-order valence-corrected chi connectivity index (χ1v) is 5.70. The Labute approximate surface area is 92.2 Å². The highest BCUT2D eigenvalue weighted by atomic mass is 32.2. The maximum absolute atomic E-state index is 4.32. The molecule has 0 aliphatic carbocycles. The van der Waals surface area contributed by atoms with Crippen LogP contribution in [0.4, 0.5) is 0 Å². The average Bonchev–Trinajstić information content (AvgIpc) is 2.30. The molecule has 0 atom stereocenters. The zero-order valence-electron chi connectivity index (χ0n) is 8.51. The molecule has 2 aromatic heterocycles. The second-order valence-corrected chi connectivity index (χ2v) is 3.72. The molecule has 0 aromatic carbocycles. The van der Waals surface area contributed by atoms with Gasteiger partial charge in [0.05, 0.1) is 11.4 Å². The first kappa shape index (κ1) is 10.0. The van der Waals surface area contributed by atoms with Gasteiger partial charge in [0.1, 0.15) is 5.69 Å². The first-order chi connectivity index (χ1) is 7.31. The fraction of sp³-hybridized carbons (Fsp3) is 0.200. The van der Waals surface area contributed by atoms with Crippen molar-refractivity contribution in [1.29, 1.82) is 0 Å². The van der Waals surface area contributed by atoms with Gasteiger partial charge in [-0.15, -0.1) is 10.2 Å². The fourth-order valence-electron chi connectivity index (χ4n) is 1.21. The largest absolute Gasteiger partial charge is 0.254 e. The number of hydrogen-bond donors (Lipinski definition) is 0. The summed E-state index contributed by atoms with van der Waals surface area (Å²) in [6.45, 7) is 1.92. The summed E-state index contributed by atoms with van der Waals surface area (Å²) in [4.78, 5) is 8.53. The van der Waals surface area contributed by atoms with Crippen molar-refractivity contribution in [1.82, 2.24) is 20.2 Å². The summed E-state index contributed by atoms with van der Waals surface area (Å²) in [6, 6.07) is 5.69. The van der Waals surface area contributed by atoms with E-state index in [1.165, 1.54) is 11.8 Å². The Hall–Kier alpha value is -1.49. The number of aryl methyl sites for hydroxylation is 1. The minimum atomic E-state index is 0.687. The molecule has 0 fully saturated rings. The topological polar surface area (TPSA) is 51.6 Å². The molecule has 0 radical (unpaired) electrons. The van der Waals surface area contributed by atoms with E-state index in [9.17, 15) is 0 Å². The molecule has 2 aromatic rings. The van der Waals surface area contributed by atoms with Crippen LogP contribution >= 0.6 is 11.8 Å².